The number of aromatic amines is 1. The topological polar surface area (TPSA) is 82.1 Å². The Morgan fingerprint density at radius 1 is 1.27 bits per heavy atom. The fourth-order valence-electron chi connectivity index (χ4n) is 3.47. The van der Waals surface area contributed by atoms with E-state index in [1.54, 1.807) is 4.90 Å². The summed E-state index contributed by atoms with van der Waals surface area (Å²) < 4.78 is 0. The SMILES string of the molecule is O=C(CSc1ncn[nH]1)N1CC[C@@H](c2ccc3ccccc3c2)[C@H](O)C1. The summed E-state index contributed by atoms with van der Waals surface area (Å²) in [7, 11) is 0. The van der Waals surface area contributed by atoms with Gasteiger partial charge >= 0.3 is 0 Å². The van der Waals surface area contributed by atoms with Gasteiger partial charge in [-0.15, -0.1) is 0 Å². The monoisotopic (exact) mass is 368 g/mol. The number of carbonyl (C=O) groups excluding carboxylic acids is 1. The summed E-state index contributed by atoms with van der Waals surface area (Å²) in [5, 5.41) is 20.1. The molecule has 6 nitrogen and oxygen atoms in total. The Balaban J connectivity index is 1.40. The number of aliphatic hydroxyl groups excluding tert-OH is 1. The maximum Gasteiger partial charge on any atom is 0.233 e. The molecule has 0 saturated carbocycles. The van der Waals surface area contributed by atoms with Gasteiger partial charge in [0.1, 0.15) is 6.33 Å². The average molecular weight is 368 g/mol. The number of hydrogen-bond acceptors (Lipinski definition) is 5. The van der Waals surface area contributed by atoms with Crippen molar-refractivity contribution in [1.29, 1.82) is 0 Å². The maximum absolute atomic E-state index is 12.4. The Labute approximate surface area is 155 Å². The number of aromatic nitrogens is 3. The van der Waals surface area contributed by atoms with Gasteiger partial charge in [-0.25, -0.2) is 4.98 Å². The Bertz CT molecular complexity index is 899. The highest BCUT2D eigenvalue weighted by Crippen LogP contribution is 2.31. The lowest BCUT2D eigenvalue weighted by Gasteiger charge is -2.36. The number of benzene rings is 2. The molecular formula is C19H20N4O2S. The predicted molar refractivity (Wildman–Crippen MR) is 101 cm³/mol. The molecule has 1 aliphatic heterocycles. The van der Waals surface area contributed by atoms with Crippen LogP contribution in [-0.4, -0.2) is 56.0 Å². The number of amides is 1. The van der Waals surface area contributed by atoms with Crippen molar-refractivity contribution in [3.8, 4) is 0 Å². The number of piperidine rings is 1. The number of thioether (sulfide) groups is 1. The second-order valence-electron chi connectivity index (χ2n) is 6.49. The lowest BCUT2D eigenvalue weighted by Crippen LogP contribution is -2.46. The third-order valence-electron chi connectivity index (χ3n) is 4.86. The minimum Gasteiger partial charge on any atom is -0.391 e. The van der Waals surface area contributed by atoms with Crippen LogP contribution in [0.3, 0.4) is 0 Å². The third kappa shape index (κ3) is 3.59. The molecule has 2 atom stereocenters. The molecule has 0 aliphatic carbocycles. The number of nitrogens with zero attached hydrogens (tertiary/aromatic N) is 3. The second-order valence-corrected chi connectivity index (χ2v) is 7.45. The summed E-state index contributed by atoms with van der Waals surface area (Å²) in [6.07, 6.45) is 1.63. The van der Waals surface area contributed by atoms with Gasteiger partial charge in [-0.05, 0) is 22.8 Å². The number of carbonyl (C=O) groups is 1. The number of aliphatic hydroxyl groups is 1. The molecule has 2 heterocycles. The van der Waals surface area contributed by atoms with Gasteiger partial charge in [-0.2, -0.15) is 5.10 Å². The summed E-state index contributed by atoms with van der Waals surface area (Å²) in [6.45, 7) is 1.03. The van der Waals surface area contributed by atoms with E-state index in [-0.39, 0.29) is 11.8 Å². The fraction of sp³-hybridized carbons (Fsp3) is 0.316. The van der Waals surface area contributed by atoms with Gasteiger partial charge < -0.3 is 10.0 Å². The summed E-state index contributed by atoms with van der Waals surface area (Å²) >= 11 is 1.33. The largest absolute Gasteiger partial charge is 0.391 e. The highest BCUT2D eigenvalue weighted by atomic mass is 32.2. The van der Waals surface area contributed by atoms with Crippen molar-refractivity contribution >= 4 is 28.4 Å². The van der Waals surface area contributed by atoms with E-state index in [0.29, 0.717) is 24.0 Å². The van der Waals surface area contributed by atoms with Crippen molar-refractivity contribution in [2.24, 2.45) is 0 Å². The van der Waals surface area contributed by atoms with Crippen LogP contribution < -0.4 is 0 Å². The quantitative estimate of drug-likeness (QED) is 0.691. The first-order valence-corrected chi connectivity index (χ1v) is 9.62. The van der Waals surface area contributed by atoms with Crippen molar-refractivity contribution in [2.45, 2.75) is 23.6 Å². The molecule has 2 aromatic carbocycles. The van der Waals surface area contributed by atoms with Crippen molar-refractivity contribution in [2.75, 3.05) is 18.8 Å². The van der Waals surface area contributed by atoms with Crippen molar-refractivity contribution in [1.82, 2.24) is 20.1 Å². The molecule has 1 saturated heterocycles. The van der Waals surface area contributed by atoms with E-state index in [1.807, 2.05) is 12.1 Å². The molecule has 1 aliphatic rings. The molecule has 3 aromatic rings. The standard InChI is InChI=1S/C19H20N4O2S/c24-17-10-23(18(25)11-26-19-20-12-21-22-19)8-7-16(17)15-6-5-13-3-1-2-4-14(13)9-15/h1-6,9,12,16-17,24H,7-8,10-11H2,(H,20,21,22)/t16-,17+/m0/s1. The molecule has 134 valence electrons. The first kappa shape index (κ1) is 17.1. The lowest BCUT2D eigenvalue weighted by atomic mass is 9.86. The Kier molecular flexibility index (Phi) is 4.90. The number of β-amino-alcohol motifs (C(OH)–C–C–N with tert-alkyl or cyclic N) is 1. The number of nitrogens with one attached hydrogen (secondary N) is 1. The van der Waals surface area contributed by atoms with Crippen LogP contribution in [0.15, 0.2) is 53.9 Å². The van der Waals surface area contributed by atoms with Crippen molar-refractivity contribution < 1.29 is 9.90 Å². The van der Waals surface area contributed by atoms with Crippen LogP contribution in [-0.2, 0) is 4.79 Å². The molecule has 1 aromatic heterocycles. The Morgan fingerprint density at radius 3 is 2.88 bits per heavy atom. The molecule has 2 N–H and O–H groups in total. The molecule has 1 fully saturated rings. The Morgan fingerprint density at radius 2 is 2.12 bits per heavy atom. The van der Waals surface area contributed by atoms with Crippen LogP contribution in [0.4, 0.5) is 0 Å². The highest BCUT2D eigenvalue weighted by molar-refractivity contribution is 7.99. The van der Waals surface area contributed by atoms with E-state index >= 15 is 0 Å². The van der Waals surface area contributed by atoms with E-state index in [9.17, 15) is 9.90 Å². The van der Waals surface area contributed by atoms with Crippen LogP contribution in [0.2, 0.25) is 0 Å². The molecule has 0 unspecified atom stereocenters. The minimum absolute atomic E-state index is 0.0161. The van der Waals surface area contributed by atoms with Crippen LogP contribution in [0, 0.1) is 0 Å². The lowest BCUT2D eigenvalue weighted by molar-refractivity contribution is -0.131. The maximum atomic E-state index is 12.4. The zero-order chi connectivity index (χ0) is 17.9. The summed E-state index contributed by atoms with van der Waals surface area (Å²) in [4.78, 5) is 18.1. The number of likely N-dealkylation sites (tertiary alicyclic amines) is 1. The average Bonchev–Trinajstić information content (AvgIpc) is 3.19. The normalized spacial score (nSPS) is 20.4. The first-order valence-electron chi connectivity index (χ1n) is 8.63. The van der Waals surface area contributed by atoms with Crippen LogP contribution in [0.5, 0.6) is 0 Å². The zero-order valence-electron chi connectivity index (χ0n) is 14.2. The predicted octanol–water partition coefficient (Wildman–Crippen LogP) is 2.43. The van der Waals surface area contributed by atoms with Gasteiger partial charge in [-0.3, -0.25) is 9.89 Å². The van der Waals surface area contributed by atoms with Gasteiger partial charge in [0.2, 0.25) is 5.91 Å². The molecule has 26 heavy (non-hydrogen) atoms. The van der Waals surface area contributed by atoms with Gasteiger partial charge in [-0.1, -0.05) is 54.2 Å². The minimum atomic E-state index is -0.552. The Hall–Kier alpha value is -2.38. The van der Waals surface area contributed by atoms with E-state index in [2.05, 4.69) is 45.5 Å². The van der Waals surface area contributed by atoms with Gasteiger partial charge in [0.25, 0.3) is 0 Å². The van der Waals surface area contributed by atoms with Crippen molar-refractivity contribution in [3.63, 3.8) is 0 Å². The summed E-state index contributed by atoms with van der Waals surface area (Å²) in [5.41, 5.74) is 1.14. The molecule has 1 amide bonds. The van der Waals surface area contributed by atoms with E-state index in [4.69, 9.17) is 0 Å². The molecule has 0 radical (unpaired) electrons. The van der Waals surface area contributed by atoms with Crippen LogP contribution >= 0.6 is 11.8 Å². The fourth-order valence-corrected chi connectivity index (χ4v) is 4.15. The number of rotatable bonds is 4. The van der Waals surface area contributed by atoms with Crippen molar-refractivity contribution in [3.05, 3.63) is 54.4 Å². The van der Waals surface area contributed by atoms with Crippen LogP contribution in [0.25, 0.3) is 10.8 Å². The summed E-state index contributed by atoms with van der Waals surface area (Å²) in [5.74, 6) is 0.371. The second kappa shape index (κ2) is 7.47. The van der Waals surface area contributed by atoms with E-state index < -0.39 is 6.10 Å². The van der Waals surface area contributed by atoms with Gasteiger partial charge in [0.15, 0.2) is 5.16 Å². The summed E-state index contributed by atoms with van der Waals surface area (Å²) in [6, 6.07) is 14.6. The number of H-pyrrole nitrogens is 1. The molecule has 0 spiro atoms. The smallest absolute Gasteiger partial charge is 0.233 e. The number of hydrogen-bond donors (Lipinski definition) is 2. The van der Waals surface area contributed by atoms with Gasteiger partial charge in [0.05, 0.1) is 11.9 Å². The molecule has 7 heteroatoms. The highest BCUT2D eigenvalue weighted by Gasteiger charge is 2.31. The van der Waals surface area contributed by atoms with Gasteiger partial charge in [0, 0.05) is 19.0 Å². The number of fused-ring (bicyclic) bond motifs is 1. The third-order valence-corrected chi connectivity index (χ3v) is 5.72. The first-order chi connectivity index (χ1) is 12.7. The molecular weight excluding hydrogens is 348 g/mol. The van der Waals surface area contributed by atoms with E-state index in [0.717, 1.165) is 12.0 Å². The molecule has 4 rings (SSSR count). The zero-order valence-corrected chi connectivity index (χ0v) is 15.0. The van der Waals surface area contributed by atoms with E-state index in [1.165, 1.54) is 28.9 Å². The van der Waals surface area contributed by atoms with Crippen LogP contribution in [0.1, 0.15) is 17.9 Å². The molecule has 0 bridgehead atoms.